The fourth-order valence-electron chi connectivity index (χ4n) is 3.01. The van der Waals surface area contributed by atoms with Crippen LogP contribution in [0.4, 0.5) is 0 Å². The van der Waals surface area contributed by atoms with Crippen LogP contribution >= 0.6 is 11.3 Å². The fourth-order valence-corrected chi connectivity index (χ4v) is 3.82. The zero-order valence-electron chi connectivity index (χ0n) is 14.2. The molecular weight excluding hydrogens is 320 g/mol. The summed E-state index contributed by atoms with van der Waals surface area (Å²) in [5.41, 5.74) is 0.948. The lowest BCUT2D eigenvalue weighted by Gasteiger charge is -2.36. The monoisotopic (exact) mass is 344 g/mol. The molecule has 1 aromatic carbocycles. The fraction of sp³-hybridized carbons (Fsp3) is 0.421. The number of aryl methyl sites for hydroxylation is 1. The van der Waals surface area contributed by atoms with Crippen molar-refractivity contribution in [3.05, 3.63) is 57.8 Å². The Kier molecular flexibility index (Phi) is 5.04. The Hall–Kier alpha value is -1.69. The SMILES string of the molecule is Cc1ccc(C(NC(=O)C2(O)CCN(C)CC2)c2cccs2)cc1. The molecule has 1 aliphatic rings. The molecule has 24 heavy (non-hydrogen) atoms. The van der Waals surface area contributed by atoms with E-state index in [1.807, 2.05) is 55.7 Å². The maximum atomic E-state index is 12.8. The van der Waals surface area contributed by atoms with Gasteiger partial charge in [0.25, 0.3) is 5.91 Å². The minimum Gasteiger partial charge on any atom is -0.380 e. The zero-order valence-corrected chi connectivity index (χ0v) is 15.0. The predicted octanol–water partition coefficient (Wildman–Crippen LogP) is 2.72. The van der Waals surface area contributed by atoms with Gasteiger partial charge in [-0.1, -0.05) is 35.9 Å². The van der Waals surface area contributed by atoms with Crippen LogP contribution in [0, 0.1) is 6.92 Å². The molecule has 0 saturated carbocycles. The molecule has 2 aromatic rings. The molecule has 0 aliphatic carbocycles. The van der Waals surface area contributed by atoms with Gasteiger partial charge >= 0.3 is 0 Å². The highest BCUT2D eigenvalue weighted by atomic mass is 32.1. The summed E-state index contributed by atoms with van der Waals surface area (Å²) in [7, 11) is 2.01. The molecule has 2 N–H and O–H groups in total. The third-order valence-electron chi connectivity index (χ3n) is 4.75. The van der Waals surface area contributed by atoms with Crippen LogP contribution in [0.5, 0.6) is 0 Å². The average molecular weight is 344 g/mol. The summed E-state index contributed by atoms with van der Waals surface area (Å²) in [5, 5.41) is 15.8. The molecule has 1 aromatic heterocycles. The van der Waals surface area contributed by atoms with Gasteiger partial charge in [0.05, 0.1) is 6.04 Å². The highest BCUT2D eigenvalue weighted by molar-refractivity contribution is 7.10. The van der Waals surface area contributed by atoms with Crippen molar-refractivity contribution in [1.82, 2.24) is 10.2 Å². The Morgan fingerprint density at radius 3 is 2.50 bits per heavy atom. The van der Waals surface area contributed by atoms with Crippen LogP contribution < -0.4 is 5.32 Å². The molecule has 0 spiro atoms. The second-order valence-electron chi connectivity index (χ2n) is 6.67. The van der Waals surface area contributed by atoms with Crippen molar-refractivity contribution >= 4 is 17.2 Å². The lowest BCUT2D eigenvalue weighted by atomic mass is 9.90. The number of nitrogens with zero attached hydrogens (tertiary/aromatic N) is 1. The van der Waals surface area contributed by atoms with Gasteiger partial charge in [-0.3, -0.25) is 4.79 Å². The molecule has 0 radical (unpaired) electrons. The van der Waals surface area contributed by atoms with Crippen LogP contribution in [0.15, 0.2) is 41.8 Å². The van der Waals surface area contributed by atoms with E-state index < -0.39 is 5.60 Å². The number of carbonyl (C=O) groups excluding carboxylic acids is 1. The molecule has 1 fully saturated rings. The van der Waals surface area contributed by atoms with Gasteiger partial charge in [-0.25, -0.2) is 0 Å². The summed E-state index contributed by atoms with van der Waals surface area (Å²) in [4.78, 5) is 16.0. The van der Waals surface area contributed by atoms with Crippen LogP contribution in [-0.4, -0.2) is 41.7 Å². The van der Waals surface area contributed by atoms with Crippen molar-refractivity contribution in [3.8, 4) is 0 Å². The molecule has 4 nitrogen and oxygen atoms in total. The molecular formula is C19H24N2O2S. The highest BCUT2D eigenvalue weighted by Crippen LogP contribution is 2.29. The van der Waals surface area contributed by atoms with Crippen LogP contribution in [-0.2, 0) is 4.79 Å². The third-order valence-corrected chi connectivity index (χ3v) is 5.69. The molecule has 3 rings (SSSR count). The van der Waals surface area contributed by atoms with Crippen LogP contribution in [0.3, 0.4) is 0 Å². The van der Waals surface area contributed by atoms with E-state index in [2.05, 4.69) is 10.2 Å². The summed E-state index contributed by atoms with van der Waals surface area (Å²) >= 11 is 1.61. The Balaban J connectivity index is 1.82. The van der Waals surface area contributed by atoms with E-state index in [1.54, 1.807) is 11.3 Å². The first-order chi connectivity index (χ1) is 11.5. The Morgan fingerprint density at radius 1 is 1.25 bits per heavy atom. The smallest absolute Gasteiger partial charge is 0.252 e. The second kappa shape index (κ2) is 7.05. The van der Waals surface area contributed by atoms with Crippen molar-refractivity contribution in [3.63, 3.8) is 0 Å². The Morgan fingerprint density at radius 2 is 1.92 bits per heavy atom. The molecule has 1 amide bonds. The Labute approximate surface area is 147 Å². The summed E-state index contributed by atoms with van der Waals surface area (Å²) in [6.45, 7) is 3.51. The second-order valence-corrected chi connectivity index (χ2v) is 7.65. The van der Waals surface area contributed by atoms with E-state index in [-0.39, 0.29) is 11.9 Å². The maximum absolute atomic E-state index is 12.8. The number of benzene rings is 1. The lowest BCUT2D eigenvalue weighted by molar-refractivity contribution is -0.144. The molecule has 128 valence electrons. The normalized spacial score (nSPS) is 19.0. The number of rotatable bonds is 4. The molecule has 1 atom stereocenters. The van der Waals surface area contributed by atoms with Gasteiger partial charge < -0.3 is 15.3 Å². The first-order valence-electron chi connectivity index (χ1n) is 8.30. The topological polar surface area (TPSA) is 52.6 Å². The minimum atomic E-state index is -1.27. The quantitative estimate of drug-likeness (QED) is 0.897. The largest absolute Gasteiger partial charge is 0.380 e. The van der Waals surface area contributed by atoms with Gasteiger partial charge in [0, 0.05) is 18.0 Å². The zero-order chi connectivity index (χ0) is 17.2. The van der Waals surface area contributed by atoms with Crippen molar-refractivity contribution < 1.29 is 9.90 Å². The number of piperidine rings is 1. The van der Waals surface area contributed by atoms with Crippen LogP contribution in [0.1, 0.15) is 34.9 Å². The molecule has 1 saturated heterocycles. The van der Waals surface area contributed by atoms with Crippen molar-refractivity contribution in [2.75, 3.05) is 20.1 Å². The first-order valence-corrected chi connectivity index (χ1v) is 9.18. The van der Waals surface area contributed by atoms with Gasteiger partial charge in [0.2, 0.25) is 0 Å². The number of carbonyl (C=O) groups is 1. The maximum Gasteiger partial charge on any atom is 0.252 e. The van der Waals surface area contributed by atoms with Gasteiger partial charge in [0.1, 0.15) is 5.60 Å². The van der Waals surface area contributed by atoms with Gasteiger partial charge in [-0.2, -0.15) is 0 Å². The average Bonchev–Trinajstić information content (AvgIpc) is 3.10. The first kappa shape index (κ1) is 17.1. The molecule has 1 unspecified atom stereocenters. The number of hydrogen-bond donors (Lipinski definition) is 2. The van der Waals surface area contributed by atoms with Gasteiger partial charge in [-0.15, -0.1) is 11.3 Å². The lowest BCUT2D eigenvalue weighted by Crippen LogP contribution is -2.53. The highest BCUT2D eigenvalue weighted by Gasteiger charge is 2.39. The summed E-state index contributed by atoms with van der Waals surface area (Å²) in [6, 6.07) is 12.0. The number of likely N-dealkylation sites (tertiary alicyclic amines) is 1. The molecule has 2 heterocycles. The van der Waals surface area contributed by atoms with E-state index in [4.69, 9.17) is 0 Å². The van der Waals surface area contributed by atoms with E-state index in [9.17, 15) is 9.90 Å². The number of amides is 1. The van der Waals surface area contributed by atoms with E-state index in [0.717, 1.165) is 23.5 Å². The predicted molar refractivity (Wildman–Crippen MR) is 97.2 cm³/mol. The van der Waals surface area contributed by atoms with Crippen molar-refractivity contribution in [2.24, 2.45) is 0 Å². The van der Waals surface area contributed by atoms with E-state index >= 15 is 0 Å². The molecule has 0 bridgehead atoms. The molecule has 5 heteroatoms. The van der Waals surface area contributed by atoms with E-state index in [0.29, 0.717) is 12.8 Å². The molecule has 1 aliphatic heterocycles. The van der Waals surface area contributed by atoms with Gasteiger partial charge in [0.15, 0.2) is 0 Å². The standard InChI is InChI=1S/C19H24N2O2S/c1-14-5-7-15(8-6-14)17(16-4-3-13-24-16)20-18(22)19(23)9-11-21(2)12-10-19/h3-8,13,17,23H,9-12H2,1-2H3,(H,20,22). The number of nitrogens with one attached hydrogen (secondary N) is 1. The van der Waals surface area contributed by atoms with Crippen molar-refractivity contribution in [1.29, 1.82) is 0 Å². The summed E-state index contributed by atoms with van der Waals surface area (Å²) in [5.74, 6) is -0.269. The van der Waals surface area contributed by atoms with Gasteiger partial charge in [-0.05, 0) is 43.8 Å². The summed E-state index contributed by atoms with van der Waals surface area (Å²) in [6.07, 6.45) is 0.945. The number of thiophene rings is 1. The summed E-state index contributed by atoms with van der Waals surface area (Å²) < 4.78 is 0. The minimum absolute atomic E-state index is 0.221. The van der Waals surface area contributed by atoms with Crippen LogP contribution in [0.2, 0.25) is 0 Å². The third kappa shape index (κ3) is 3.69. The number of aliphatic hydroxyl groups is 1. The van der Waals surface area contributed by atoms with Crippen molar-refractivity contribution in [2.45, 2.75) is 31.4 Å². The van der Waals surface area contributed by atoms with Crippen LogP contribution in [0.25, 0.3) is 0 Å². The number of hydrogen-bond acceptors (Lipinski definition) is 4. The Bertz CT molecular complexity index is 674. The van der Waals surface area contributed by atoms with E-state index in [1.165, 1.54) is 5.56 Å².